The molecule has 16 heavy (non-hydrogen) atoms. The first-order valence-corrected chi connectivity index (χ1v) is 5.72. The fourth-order valence-corrected chi connectivity index (χ4v) is 1.76. The van der Waals surface area contributed by atoms with Crippen LogP contribution in [0, 0.1) is 5.41 Å². The Labute approximate surface area is 96.4 Å². The molecule has 0 aromatic carbocycles. The smallest absolute Gasteiger partial charge is 0.239 e. The quantitative estimate of drug-likeness (QED) is 0.613. The van der Waals surface area contributed by atoms with E-state index in [1.54, 1.807) is 0 Å². The van der Waals surface area contributed by atoms with Crippen molar-refractivity contribution in [3.8, 4) is 0 Å². The molecule has 1 atom stereocenters. The van der Waals surface area contributed by atoms with Gasteiger partial charge in [0.15, 0.2) is 0 Å². The van der Waals surface area contributed by atoms with Crippen molar-refractivity contribution in [3.05, 3.63) is 0 Å². The lowest BCUT2D eigenvalue weighted by molar-refractivity contribution is -0.131. The maximum Gasteiger partial charge on any atom is 0.239 e. The Balaban J connectivity index is 2.32. The van der Waals surface area contributed by atoms with Crippen molar-refractivity contribution in [1.29, 1.82) is 0 Å². The Kier molecular flexibility index (Phi) is 4.29. The van der Waals surface area contributed by atoms with Gasteiger partial charge in [-0.1, -0.05) is 0 Å². The summed E-state index contributed by atoms with van der Waals surface area (Å²) in [6.07, 6.45) is 0.824. The lowest BCUT2D eigenvalue weighted by Gasteiger charge is -2.21. The molecule has 0 aromatic heterocycles. The van der Waals surface area contributed by atoms with Gasteiger partial charge in [-0.15, -0.1) is 0 Å². The van der Waals surface area contributed by atoms with Crippen LogP contribution in [0.25, 0.3) is 0 Å². The SMILES string of the molecule is CC(C)NC(=O)CNC(=O)C1(C)CCNC1. The van der Waals surface area contributed by atoms with Gasteiger partial charge < -0.3 is 16.0 Å². The second kappa shape index (κ2) is 5.30. The number of hydrogen-bond donors (Lipinski definition) is 3. The molecule has 0 aromatic rings. The second-order valence-electron chi connectivity index (χ2n) is 4.89. The highest BCUT2D eigenvalue weighted by molar-refractivity contribution is 5.88. The number of carbonyl (C=O) groups is 2. The van der Waals surface area contributed by atoms with Gasteiger partial charge in [-0.2, -0.15) is 0 Å². The average Bonchev–Trinajstić information content (AvgIpc) is 2.62. The summed E-state index contributed by atoms with van der Waals surface area (Å²) < 4.78 is 0. The molecule has 2 amide bonds. The Morgan fingerprint density at radius 1 is 1.44 bits per heavy atom. The van der Waals surface area contributed by atoms with Crippen molar-refractivity contribution in [2.24, 2.45) is 5.41 Å². The molecule has 1 rings (SSSR count). The largest absolute Gasteiger partial charge is 0.352 e. The van der Waals surface area contributed by atoms with E-state index in [0.717, 1.165) is 13.0 Å². The molecule has 1 heterocycles. The van der Waals surface area contributed by atoms with Crippen molar-refractivity contribution in [1.82, 2.24) is 16.0 Å². The number of nitrogens with one attached hydrogen (secondary N) is 3. The molecule has 0 radical (unpaired) electrons. The Bertz CT molecular complexity index is 270. The van der Waals surface area contributed by atoms with Gasteiger partial charge in [0.25, 0.3) is 0 Å². The number of carbonyl (C=O) groups excluding carboxylic acids is 2. The summed E-state index contributed by atoms with van der Waals surface area (Å²) in [6.45, 7) is 7.31. The first kappa shape index (κ1) is 13.0. The molecule has 0 bridgehead atoms. The Morgan fingerprint density at radius 3 is 2.62 bits per heavy atom. The molecule has 1 aliphatic rings. The fraction of sp³-hybridized carbons (Fsp3) is 0.818. The summed E-state index contributed by atoms with van der Waals surface area (Å²) in [4.78, 5) is 23.2. The minimum absolute atomic E-state index is 0.0450. The van der Waals surface area contributed by atoms with Crippen molar-refractivity contribution in [2.45, 2.75) is 33.2 Å². The summed E-state index contributed by atoms with van der Waals surface area (Å²) in [6, 6.07) is 0.105. The molecule has 0 aliphatic carbocycles. The fourth-order valence-electron chi connectivity index (χ4n) is 1.76. The highest BCUT2D eigenvalue weighted by atomic mass is 16.2. The molecule has 92 valence electrons. The van der Waals surface area contributed by atoms with E-state index in [9.17, 15) is 9.59 Å². The van der Waals surface area contributed by atoms with Crippen LogP contribution < -0.4 is 16.0 Å². The van der Waals surface area contributed by atoms with Gasteiger partial charge in [-0.25, -0.2) is 0 Å². The van der Waals surface area contributed by atoms with Crippen molar-refractivity contribution in [2.75, 3.05) is 19.6 Å². The highest BCUT2D eigenvalue weighted by Crippen LogP contribution is 2.24. The van der Waals surface area contributed by atoms with Gasteiger partial charge in [-0.3, -0.25) is 9.59 Å². The van der Waals surface area contributed by atoms with Gasteiger partial charge in [-0.05, 0) is 33.7 Å². The zero-order chi connectivity index (χ0) is 12.2. The predicted octanol–water partition coefficient (Wildman–Crippen LogP) is -0.373. The minimum Gasteiger partial charge on any atom is -0.352 e. The standard InChI is InChI=1S/C11H21N3O2/c1-8(2)14-9(15)6-13-10(16)11(3)4-5-12-7-11/h8,12H,4-7H2,1-3H3,(H,13,16)(H,14,15). The lowest BCUT2D eigenvalue weighted by Crippen LogP contribution is -2.45. The molecule has 3 N–H and O–H groups in total. The van der Waals surface area contributed by atoms with Crippen LogP contribution in [0.2, 0.25) is 0 Å². The number of amides is 2. The van der Waals surface area contributed by atoms with Crippen LogP contribution in [0.3, 0.4) is 0 Å². The first-order chi connectivity index (χ1) is 7.44. The number of hydrogen-bond acceptors (Lipinski definition) is 3. The van der Waals surface area contributed by atoms with Gasteiger partial charge in [0.2, 0.25) is 11.8 Å². The normalized spacial score (nSPS) is 24.5. The summed E-state index contributed by atoms with van der Waals surface area (Å²) in [5.41, 5.74) is -0.363. The second-order valence-corrected chi connectivity index (χ2v) is 4.89. The van der Waals surface area contributed by atoms with Crippen LogP contribution in [0.15, 0.2) is 0 Å². The third-order valence-electron chi connectivity index (χ3n) is 2.78. The molecule has 1 fully saturated rings. The first-order valence-electron chi connectivity index (χ1n) is 5.72. The molecular formula is C11H21N3O2. The summed E-state index contributed by atoms with van der Waals surface area (Å²) in [5.74, 6) is -0.186. The van der Waals surface area contributed by atoms with Crippen LogP contribution >= 0.6 is 0 Å². The van der Waals surface area contributed by atoms with E-state index in [2.05, 4.69) is 16.0 Å². The molecule has 0 saturated carbocycles. The van der Waals surface area contributed by atoms with E-state index in [1.165, 1.54) is 0 Å². The minimum atomic E-state index is -0.363. The van der Waals surface area contributed by atoms with Crippen molar-refractivity contribution < 1.29 is 9.59 Å². The summed E-state index contributed by atoms with van der Waals surface area (Å²) in [7, 11) is 0. The van der Waals surface area contributed by atoms with Crippen LogP contribution in [-0.4, -0.2) is 37.5 Å². The van der Waals surface area contributed by atoms with Gasteiger partial charge in [0.1, 0.15) is 0 Å². The lowest BCUT2D eigenvalue weighted by atomic mass is 9.89. The molecule has 5 nitrogen and oxygen atoms in total. The van der Waals surface area contributed by atoms with Crippen LogP contribution in [-0.2, 0) is 9.59 Å². The zero-order valence-corrected chi connectivity index (χ0v) is 10.2. The molecule has 0 spiro atoms. The number of rotatable bonds is 4. The van der Waals surface area contributed by atoms with E-state index in [1.807, 2.05) is 20.8 Å². The molecule has 1 saturated heterocycles. The molecule has 5 heteroatoms. The maximum atomic E-state index is 11.8. The Hall–Kier alpha value is -1.10. The molecule has 1 aliphatic heterocycles. The predicted molar refractivity (Wildman–Crippen MR) is 61.9 cm³/mol. The summed E-state index contributed by atoms with van der Waals surface area (Å²) in [5, 5.41) is 8.56. The van der Waals surface area contributed by atoms with Crippen LogP contribution in [0.4, 0.5) is 0 Å². The maximum absolute atomic E-state index is 11.8. The monoisotopic (exact) mass is 227 g/mol. The van der Waals surface area contributed by atoms with Crippen LogP contribution in [0.1, 0.15) is 27.2 Å². The third-order valence-corrected chi connectivity index (χ3v) is 2.78. The molecular weight excluding hydrogens is 206 g/mol. The van der Waals surface area contributed by atoms with Crippen molar-refractivity contribution in [3.63, 3.8) is 0 Å². The van der Waals surface area contributed by atoms with E-state index in [0.29, 0.717) is 6.54 Å². The average molecular weight is 227 g/mol. The van der Waals surface area contributed by atoms with E-state index in [-0.39, 0.29) is 29.8 Å². The highest BCUT2D eigenvalue weighted by Gasteiger charge is 2.36. The molecule has 1 unspecified atom stereocenters. The van der Waals surface area contributed by atoms with Gasteiger partial charge in [0, 0.05) is 12.6 Å². The van der Waals surface area contributed by atoms with E-state index in [4.69, 9.17) is 0 Å². The van der Waals surface area contributed by atoms with E-state index < -0.39 is 0 Å². The summed E-state index contributed by atoms with van der Waals surface area (Å²) >= 11 is 0. The van der Waals surface area contributed by atoms with Gasteiger partial charge in [0.05, 0.1) is 12.0 Å². The zero-order valence-electron chi connectivity index (χ0n) is 10.2. The van der Waals surface area contributed by atoms with Crippen molar-refractivity contribution >= 4 is 11.8 Å². The van der Waals surface area contributed by atoms with Crippen LogP contribution in [0.5, 0.6) is 0 Å². The van der Waals surface area contributed by atoms with E-state index >= 15 is 0 Å². The topological polar surface area (TPSA) is 70.2 Å². The van der Waals surface area contributed by atoms with Gasteiger partial charge >= 0.3 is 0 Å². The third kappa shape index (κ3) is 3.48. The Morgan fingerprint density at radius 2 is 2.12 bits per heavy atom.